The maximum atomic E-state index is 13.8. The van der Waals surface area contributed by atoms with Gasteiger partial charge >= 0.3 is 5.97 Å². The first-order valence-corrected chi connectivity index (χ1v) is 12.5. The van der Waals surface area contributed by atoms with E-state index in [0.29, 0.717) is 39.3 Å². The minimum atomic E-state index is -0.762. The summed E-state index contributed by atoms with van der Waals surface area (Å²) in [7, 11) is 1.51. The standard InChI is InChI=1S/C30H28N4O6/c1-5-19-7-6-8-21(15-19)27-25(17(2)31-18(3)26(27)30(38)40-14-13-39-4)29(37)32-22-11-9-20(10-12-22)28-23(35)16-24(36)33-34-28/h1,6-12,15,27,31H,13-14,16H2,2-4H3,(H,32,37)(H,33,36). The van der Waals surface area contributed by atoms with Gasteiger partial charge in [-0.25, -0.2) is 10.2 Å². The Morgan fingerprint density at radius 1 is 1.07 bits per heavy atom. The topological polar surface area (TPSA) is 135 Å². The van der Waals surface area contributed by atoms with Gasteiger partial charge in [-0.1, -0.05) is 30.2 Å². The summed E-state index contributed by atoms with van der Waals surface area (Å²) in [5.41, 5.74) is 6.37. The summed E-state index contributed by atoms with van der Waals surface area (Å²) < 4.78 is 10.4. The van der Waals surface area contributed by atoms with Gasteiger partial charge in [0.2, 0.25) is 5.91 Å². The lowest BCUT2D eigenvalue weighted by Crippen LogP contribution is -2.34. The predicted octanol–water partition coefficient (Wildman–Crippen LogP) is 2.52. The molecule has 0 bridgehead atoms. The van der Waals surface area contributed by atoms with Gasteiger partial charge in [0, 0.05) is 40.9 Å². The van der Waals surface area contributed by atoms with E-state index < -0.39 is 29.5 Å². The molecule has 0 fully saturated rings. The van der Waals surface area contributed by atoms with Crippen LogP contribution in [0.2, 0.25) is 0 Å². The molecular formula is C30H28N4O6. The molecule has 4 rings (SSSR count). The van der Waals surface area contributed by atoms with E-state index in [1.165, 1.54) is 7.11 Å². The van der Waals surface area contributed by atoms with Crippen LogP contribution in [0.15, 0.2) is 76.2 Å². The van der Waals surface area contributed by atoms with E-state index in [-0.39, 0.29) is 30.9 Å². The number of carbonyl (C=O) groups is 4. The number of hydrogen-bond donors (Lipinski definition) is 3. The first kappa shape index (κ1) is 28.0. The maximum absolute atomic E-state index is 13.8. The molecular weight excluding hydrogens is 512 g/mol. The van der Waals surface area contributed by atoms with Crippen molar-refractivity contribution in [2.24, 2.45) is 5.10 Å². The largest absolute Gasteiger partial charge is 0.460 e. The number of esters is 1. The second-order valence-electron chi connectivity index (χ2n) is 9.16. The van der Waals surface area contributed by atoms with E-state index in [2.05, 4.69) is 27.1 Å². The van der Waals surface area contributed by atoms with Gasteiger partial charge < -0.3 is 20.1 Å². The molecule has 2 aromatic carbocycles. The molecule has 0 spiro atoms. The summed E-state index contributed by atoms with van der Waals surface area (Å²) in [5, 5.41) is 9.87. The Kier molecular flexibility index (Phi) is 8.57. The number of ether oxygens (including phenoxy) is 2. The molecule has 2 aliphatic heterocycles. The lowest BCUT2D eigenvalue weighted by molar-refractivity contribution is -0.140. The first-order valence-electron chi connectivity index (χ1n) is 12.5. The molecule has 0 saturated carbocycles. The van der Waals surface area contributed by atoms with Crippen molar-refractivity contribution in [1.29, 1.82) is 0 Å². The number of anilines is 1. The minimum absolute atomic E-state index is 0.0529. The molecule has 0 aromatic heterocycles. The Bertz CT molecular complexity index is 1510. The highest BCUT2D eigenvalue weighted by atomic mass is 16.6. The maximum Gasteiger partial charge on any atom is 0.336 e. The molecule has 1 unspecified atom stereocenters. The van der Waals surface area contributed by atoms with E-state index in [9.17, 15) is 19.2 Å². The Morgan fingerprint density at radius 2 is 1.80 bits per heavy atom. The third-order valence-corrected chi connectivity index (χ3v) is 6.43. The van der Waals surface area contributed by atoms with Crippen LogP contribution in [0.25, 0.3) is 0 Å². The third kappa shape index (κ3) is 6.00. The van der Waals surface area contributed by atoms with Crippen molar-refractivity contribution in [3.63, 3.8) is 0 Å². The molecule has 0 radical (unpaired) electrons. The fraction of sp³-hybridized carbons (Fsp3) is 0.233. The number of Topliss-reactive ketones (excluding diaryl/α,β-unsaturated/α-hetero) is 1. The van der Waals surface area contributed by atoms with Crippen molar-refractivity contribution in [2.45, 2.75) is 26.2 Å². The van der Waals surface area contributed by atoms with E-state index in [0.717, 1.165) is 0 Å². The Balaban J connectivity index is 1.66. The number of rotatable bonds is 8. The highest BCUT2D eigenvalue weighted by molar-refractivity contribution is 6.49. The summed E-state index contributed by atoms with van der Waals surface area (Å²) in [5.74, 6) is -0.0368. The zero-order valence-corrected chi connectivity index (χ0v) is 22.3. The zero-order chi connectivity index (χ0) is 28.8. The number of benzene rings is 2. The van der Waals surface area contributed by atoms with Gasteiger partial charge in [-0.05, 0) is 43.7 Å². The molecule has 2 amide bonds. The van der Waals surface area contributed by atoms with Gasteiger partial charge in [0.15, 0.2) is 5.78 Å². The smallest absolute Gasteiger partial charge is 0.336 e. The number of amides is 2. The summed E-state index contributed by atoms with van der Waals surface area (Å²) >= 11 is 0. The van der Waals surface area contributed by atoms with E-state index in [4.69, 9.17) is 15.9 Å². The Labute approximate surface area is 231 Å². The van der Waals surface area contributed by atoms with Crippen molar-refractivity contribution < 1.29 is 28.7 Å². The number of methoxy groups -OCH3 is 1. The fourth-order valence-corrected chi connectivity index (χ4v) is 4.59. The van der Waals surface area contributed by atoms with Gasteiger partial charge in [-0.2, -0.15) is 5.10 Å². The van der Waals surface area contributed by atoms with Gasteiger partial charge in [0.1, 0.15) is 12.3 Å². The van der Waals surface area contributed by atoms with Crippen molar-refractivity contribution in [2.75, 3.05) is 25.6 Å². The van der Waals surface area contributed by atoms with E-state index in [1.54, 1.807) is 56.3 Å². The molecule has 3 N–H and O–H groups in total. The number of hydrogen-bond acceptors (Lipinski definition) is 8. The lowest BCUT2D eigenvalue weighted by atomic mass is 9.79. The molecule has 2 aromatic rings. The number of allylic oxidation sites excluding steroid dienone is 2. The van der Waals surface area contributed by atoms with Crippen molar-refractivity contribution >= 4 is 35.0 Å². The highest BCUT2D eigenvalue weighted by Gasteiger charge is 2.37. The number of nitrogens with zero attached hydrogens (tertiary/aromatic N) is 1. The van der Waals surface area contributed by atoms with Crippen LogP contribution < -0.4 is 16.1 Å². The molecule has 0 aliphatic carbocycles. The number of terminal acetylenes is 1. The Morgan fingerprint density at radius 3 is 2.48 bits per heavy atom. The van der Waals surface area contributed by atoms with Crippen LogP contribution in [0.5, 0.6) is 0 Å². The number of nitrogens with one attached hydrogen (secondary N) is 3. The molecule has 204 valence electrons. The summed E-state index contributed by atoms with van der Waals surface area (Å²) in [6.45, 7) is 3.79. The van der Waals surface area contributed by atoms with Crippen LogP contribution >= 0.6 is 0 Å². The van der Waals surface area contributed by atoms with E-state index in [1.807, 2.05) is 6.07 Å². The highest BCUT2D eigenvalue weighted by Crippen LogP contribution is 2.39. The molecule has 2 aliphatic rings. The first-order chi connectivity index (χ1) is 19.2. The quantitative estimate of drug-likeness (QED) is 0.203. The monoisotopic (exact) mass is 540 g/mol. The Hall–Kier alpha value is -5.01. The van der Waals surface area contributed by atoms with Gasteiger partial charge in [0.05, 0.1) is 24.5 Å². The molecule has 10 nitrogen and oxygen atoms in total. The van der Waals surface area contributed by atoms with Crippen LogP contribution in [0.4, 0.5) is 5.69 Å². The van der Waals surface area contributed by atoms with Crippen molar-refractivity contribution in [1.82, 2.24) is 10.7 Å². The average molecular weight is 541 g/mol. The van der Waals surface area contributed by atoms with Crippen LogP contribution in [-0.2, 0) is 28.7 Å². The van der Waals surface area contributed by atoms with E-state index >= 15 is 0 Å². The predicted molar refractivity (Wildman–Crippen MR) is 148 cm³/mol. The van der Waals surface area contributed by atoms with Gasteiger partial charge in [-0.3, -0.25) is 14.4 Å². The zero-order valence-electron chi connectivity index (χ0n) is 22.3. The summed E-state index contributed by atoms with van der Waals surface area (Å²) in [4.78, 5) is 50.6. The van der Waals surface area contributed by atoms with Crippen molar-refractivity contribution in [3.8, 4) is 12.3 Å². The number of hydrazone groups is 1. The molecule has 10 heteroatoms. The normalized spacial score (nSPS) is 16.9. The summed E-state index contributed by atoms with van der Waals surface area (Å²) in [6.07, 6.45) is 5.36. The van der Waals surface area contributed by atoms with Gasteiger partial charge in [-0.15, -0.1) is 6.42 Å². The molecule has 40 heavy (non-hydrogen) atoms. The average Bonchev–Trinajstić information content (AvgIpc) is 2.93. The minimum Gasteiger partial charge on any atom is -0.460 e. The number of dihydropyridines is 1. The lowest BCUT2D eigenvalue weighted by Gasteiger charge is -2.31. The molecule has 0 saturated heterocycles. The second kappa shape index (κ2) is 12.2. The second-order valence-corrected chi connectivity index (χ2v) is 9.16. The van der Waals surface area contributed by atoms with Crippen LogP contribution in [0.3, 0.4) is 0 Å². The van der Waals surface area contributed by atoms with Crippen molar-refractivity contribution in [3.05, 3.63) is 87.8 Å². The fourth-order valence-electron chi connectivity index (χ4n) is 4.59. The van der Waals surface area contributed by atoms with Gasteiger partial charge in [0.25, 0.3) is 5.91 Å². The number of ketones is 1. The molecule has 1 atom stereocenters. The van der Waals surface area contributed by atoms with Crippen LogP contribution in [0, 0.1) is 12.3 Å². The summed E-state index contributed by atoms with van der Waals surface area (Å²) in [6, 6.07) is 13.6. The van der Waals surface area contributed by atoms with Crippen LogP contribution in [-0.4, -0.2) is 49.6 Å². The number of carbonyl (C=O) groups excluding carboxylic acids is 4. The van der Waals surface area contributed by atoms with Crippen LogP contribution in [0.1, 0.15) is 42.9 Å². The molecule has 2 heterocycles. The SMILES string of the molecule is C#Cc1cccc(C2C(C(=O)Nc3ccc(C4=NNC(=O)CC4=O)cc3)=C(C)NC(C)=C2C(=O)OCCOC)c1. The third-order valence-electron chi connectivity index (χ3n) is 6.43.